The molecule has 2 rings (SSSR count). The Morgan fingerprint density at radius 2 is 2.10 bits per heavy atom. The monoisotopic (exact) mass is 447 g/mol. The van der Waals surface area contributed by atoms with Crippen LogP contribution in [0.5, 0.6) is 0 Å². The van der Waals surface area contributed by atoms with Crippen LogP contribution in [-0.4, -0.2) is 55.3 Å². The highest BCUT2D eigenvalue weighted by molar-refractivity contribution is 7.86. The molecular formula is C20H27ClFNO5S. The van der Waals surface area contributed by atoms with E-state index in [1.54, 1.807) is 0 Å². The summed E-state index contributed by atoms with van der Waals surface area (Å²) in [4.78, 5) is 25.7. The minimum atomic E-state index is -1.25. The highest BCUT2D eigenvalue weighted by atomic mass is 35.5. The number of carboxylic acid groups (broad SMARTS) is 1. The number of nitrogens with zero attached hydrogens (tertiary/aromatic N) is 1. The van der Waals surface area contributed by atoms with Gasteiger partial charge in [-0.15, -0.1) is 0 Å². The summed E-state index contributed by atoms with van der Waals surface area (Å²) >= 11 is 5.85. The van der Waals surface area contributed by atoms with Gasteiger partial charge in [0.05, 0.1) is 19.1 Å². The predicted octanol–water partition coefficient (Wildman–Crippen LogP) is 3.55. The molecule has 0 aliphatic carbocycles. The maximum absolute atomic E-state index is 14.6. The molecule has 29 heavy (non-hydrogen) atoms. The van der Waals surface area contributed by atoms with Crippen LogP contribution in [0.1, 0.15) is 52.1 Å². The third-order valence-electron chi connectivity index (χ3n) is 4.89. The van der Waals surface area contributed by atoms with E-state index >= 15 is 0 Å². The Labute approximate surface area is 177 Å². The Balaban J connectivity index is 2.44. The molecule has 1 amide bonds. The molecular weight excluding hydrogens is 421 g/mol. The fourth-order valence-electron chi connectivity index (χ4n) is 3.25. The average Bonchev–Trinajstić information content (AvgIpc) is 2.60. The molecule has 0 saturated carbocycles. The second-order valence-corrected chi connectivity index (χ2v) is 10.7. The molecule has 4 unspecified atom stereocenters. The van der Waals surface area contributed by atoms with Crippen LogP contribution in [0.2, 0.25) is 5.02 Å². The van der Waals surface area contributed by atoms with Gasteiger partial charge < -0.3 is 14.7 Å². The van der Waals surface area contributed by atoms with Crippen molar-refractivity contribution in [2.24, 2.45) is 0 Å². The van der Waals surface area contributed by atoms with Crippen LogP contribution in [-0.2, 0) is 25.1 Å². The van der Waals surface area contributed by atoms with Crippen LogP contribution in [0.15, 0.2) is 18.2 Å². The standard InChI is InChI=1S/C20H27ClFNO5S/c1-5-13(11-29(27)20(2,3)4)23-16(14-7-6-12(21)8-15(14)22)10-28-17(19(23)26)9-18(24)25/h6-8,13,16-17H,5,9-11H2,1-4H3,(H,24,25). The zero-order chi connectivity index (χ0) is 21.9. The highest BCUT2D eigenvalue weighted by Gasteiger charge is 2.42. The van der Waals surface area contributed by atoms with Gasteiger partial charge >= 0.3 is 5.97 Å². The van der Waals surface area contributed by atoms with Crippen molar-refractivity contribution in [3.8, 4) is 0 Å². The molecule has 0 spiro atoms. The number of hydrogen-bond donors (Lipinski definition) is 1. The first kappa shape index (κ1) is 23.8. The number of carbonyl (C=O) groups excluding carboxylic acids is 1. The number of halogens is 2. The summed E-state index contributed by atoms with van der Waals surface area (Å²) in [5, 5.41) is 9.33. The predicted molar refractivity (Wildman–Crippen MR) is 110 cm³/mol. The Morgan fingerprint density at radius 1 is 1.45 bits per heavy atom. The van der Waals surface area contributed by atoms with Crippen LogP contribution in [0, 0.1) is 5.82 Å². The Morgan fingerprint density at radius 3 is 2.62 bits per heavy atom. The molecule has 0 aromatic heterocycles. The molecule has 1 N–H and O–H groups in total. The number of benzene rings is 1. The summed E-state index contributed by atoms with van der Waals surface area (Å²) in [6.45, 7) is 7.34. The fourth-order valence-corrected chi connectivity index (χ4v) is 4.65. The third kappa shape index (κ3) is 5.77. The van der Waals surface area contributed by atoms with Crippen molar-refractivity contribution >= 4 is 34.3 Å². The van der Waals surface area contributed by atoms with Gasteiger partial charge in [-0.1, -0.05) is 24.6 Å². The quantitative estimate of drug-likeness (QED) is 0.691. The molecule has 1 heterocycles. The molecule has 1 saturated heterocycles. The molecule has 6 nitrogen and oxygen atoms in total. The second kappa shape index (κ2) is 9.53. The van der Waals surface area contributed by atoms with E-state index in [9.17, 15) is 18.2 Å². The molecule has 9 heteroatoms. The number of aliphatic carboxylic acids is 1. The van der Waals surface area contributed by atoms with Crippen molar-refractivity contribution in [2.45, 2.75) is 63.5 Å². The molecule has 0 bridgehead atoms. The SMILES string of the molecule is CCC(CS(=O)C(C)(C)C)N1C(=O)C(CC(=O)O)OCC1c1ccc(Cl)cc1F. The Hall–Kier alpha value is -1.51. The van der Waals surface area contributed by atoms with E-state index in [-0.39, 0.29) is 22.9 Å². The first-order valence-corrected chi connectivity index (χ1v) is 11.1. The van der Waals surface area contributed by atoms with Crippen LogP contribution < -0.4 is 0 Å². The van der Waals surface area contributed by atoms with Crippen molar-refractivity contribution < 1.29 is 28.0 Å². The van der Waals surface area contributed by atoms with E-state index < -0.39 is 57.8 Å². The van der Waals surface area contributed by atoms with Gasteiger partial charge in [0.2, 0.25) is 0 Å². The number of rotatable bonds is 7. The number of carboxylic acids is 1. The van der Waals surface area contributed by atoms with Crippen molar-refractivity contribution in [1.82, 2.24) is 4.90 Å². The first-order chi connectivity index (χ1) is 13.5. The van der Waals surface area contributed by atoms with Gasteiger partial charge in [-0.05, 0) is 39.3 Å². The number of morpholine rings is 1. The summed E-state index contributed by atoms with van der Waals surface area (Å²) < 4.78 is 32.4. The lowest BCUT2D eigenvalue weighted by Crippen LogP contribution is -2.56. The lowest BCUT2D eigenvalue weighted by atomic mass is 9.99. The van der Waals surface area contributed by atoms with E-state index in [0.29, 0.717) is 6.42 Å². The van der Waals surface area contributed by atoms with Crippen LogP contribution in [0.3, 0.4) is 0 Å². The van der Waals surface area contributed by atoms with E-state index in [4.69, 9.17) is 21.4 Å². The number of amides is 1. The van der Waals surface area contributed by atoms with Crippen molar-refractivity contribution in [3.63, 3.8) is 0 Å². The second-order valence-electron chi connectivity index (χ2n) is 8.03. The lowest BCUT2D eigenvalue weighted by molar-refractivity contribution is -0.168. The average molecular weight is 448 g/mol. The molecule has 162 valence electrons. The van der Waals surface area contributed by atoms with Gasteiger partial charge in [0.1, 0.15) is 11.9 Å². The number of carbonyl (C=O) groups is 2. The molecule has 1 aromatic carbocycles. The van der Waals surface area contributed by atoms with E-state index in [0.717, 1.165) is 6.07 Å². The Bertz CT molecular complexity index is 798. The van der Waals surface area contributed by atoms with Crippen LogP contribution in [0.4, 0.5) is 4.39 Å². The van der Waals surface area contributed by atoms with Gasteiger partial charge in [-0.2, -0.15) is 0 Å². The molecule has 1 fully saturated rings. The topological polar surface area (TPSA) is 83.9 Å². The molecule has 1 aliphatic heterocycles. The molecule has 1 aromatic rings. The summed E-state index contributed by atoms with van der Waals surface area (Å²) in [5.74, 6) is -2.06. The molecule has 1 aliphatic rings. The minimum absolute atomic E-state index is 0.0547. The van der Waals surface area contributed by atoms with Gasteiger partial charge in [0, 0.05) is 37.9 Å². The normalized spacial score (nSPS) is 22.4. The number of ether oxygens (including phenoxy) is 1. The van der Waals surface area contributed by atoms with E-state index in [1.807, 2.05) is 27.7 Å². The van der Waals surface area contributed by atoms with E-state index in [1.165, 1.54) is 17.0 Å². The minimum Gasteiger partial charge on any atom is -0.481 e. The summed E-state index contributed by atoms with van der Waals surface area (Å²) in [5.41, 5.74) is 0.233. The smallest absolute Gasteiger partial charge is 0.306 e. The highest BCUT2D eigenvalue weighted by Crippen LogP contribution is 2.34. The summed E-state index contributed by atoms with van der Waals surface area (Å²) in [6.07, 6.45) is -1.15. The van der Waals surface area contributed by atoms with Crippen LogP contribution in [0.25, 0.3) is 0 Å². The largest absolute Gasteiger partial charge is 0.481 e. The summed E-state index contributed by atoms with van der Waals surface area (Å²) in [7, 11) is -1.25. The number of hydrogen-bond acceptors (Lipinski definition) is 4. The first-order valence-electron chi connectivity index (χ1n) is 9.44. The maximum atomic E-state index is 14.6. The van der Waals surface area contributed by atoms with Gasteiger partial charge in [-0.25, -0.2) is 4.39 Å². The molecule has 0 radical (unpaired) electrons. The third-order valence-corrected chi connectivity index (χ3v) is 7.18. The van der Waals surface area contributed by atoms with Gasteiger partial charge in [0.25, 0.3) is 5.91 Å². The van der Waals surface area contributed by atoms with E-state index in [2.05, 4.69) is 0 Å². The fraction of sp³-hybridized carbons (Fsp3) is 0.600. The van der Waals surface area contributed by atoms with Gasteiger partial charge in [0.15, 0.2) is 0 Å². The lowest BCUT2D eigenvalue weighted by Gasteiger charge is -2.44. The summed E-state index contributed by atoms with van der Waals surface area (Å²) in [6, 6.07) is 2.98. The zero-order valence-electron chi connectivity index (χ0n) is 17.0. The van der Waals surface area contributed by atoms with Crippen LogP contribution >= 0.6 is 11.6 Å². The zero-order valence-corrected chi connectivity index (χ0v) is 18.6. The van der Waals surface area contributed by atoms with Crippen molar-refractivity contribution in [2.75, 3.05) is 12.4 Å². The van der Waals surface area contributed by atoms with Crippen molar-refractivity contribution in [1.29, 1.82) is 0 Å². The molecule has 4 atom stereocenters. The van der Waals surface area contributed by atoms with Crippen molar-refractivity contribution in [3.05, 3.63) is 34.6 Å². The van der Waals surface area contributed by atoms with Gasteiger partial charge in [-0.3, -0.25) is 13.8 Å². The maximum Gasteiger partial charge on any atom is 0.306 e. The Kier molecular flexibility index (Phi) is 7.81.